The third kappa shape index (κ3) is 3.75. The van der Waals surface area contributed by atoms with E-state index in [1.807, 2.05) is 6.92 Å². The van der Waals surface area contributed by atoms with Crippen molar-refractivity contribution in [2.75, 3.05) is 5.75 Å². The van der Waals surface area contributed by atoms with E-state index < -0.39 is 0 Å². The molecule has 24 heavy (non-hydrogen) atoms. The smallest absolute Gasteiger partial charge is 0.230 e. The Kier molecular flexibility index (Phi) is 5.45. The van der Waals surface area contributed by atoms with Crippen molar-refractivity contribution in [3.8, 4) is 0 Å². The van der Waals surface area contributed by atoms with Crippen LogP contribution in [0.15, 0.2) is 11.4 Å². The average molecular weight is 364 g/mol. The number of hydrogen-bond donors (Lipinski definition) is 1. The molecule has 0 radical (unpaired) electrons. The highest BCUT2D eigenvalue weighted by atomic mass is 32.2. The van der Waals surface area contributed by atoms with E-state index in [1.54, 1.807) is 17.7 Å². The first-order valence-electron chi connectivity index (χ1n) is 8.63. The van der Waals surface area contributed by atoms with Crippen LogP contribution in [0.1, 0.15) is 44.6 Å². The van der Waals surface area contributed by atoms with Crippen LogP contribution < -0.4 is 5.32 Å². The van der Waals surface area contributed by atoms with Gasteiger partial charge in [-0.1, -0.05) is 32.5 Å². The summed E-state index contributed by atoms with van der Waals surface area (Å²) in [4.78, 5) is 23.6. The van der Waals surface area contributed by atoms with Gasteiger partial charge >= 0.3 is 0 Å². The molecule has 0 saturated carbocycles. The van der Waals surface area contributed by atoms with Gasteiger partial charge < -0.3 is 5.32 Å². The van der Waals surface area contributed by atoms with E-state index in [9.17, 15) is 4.79 Å². The van der Waals surface area contributed by atoms with Crippen LogP contribution in [0.3, 0.4) is 0 Å². The first-order valence-corrected chi connectivity index (χ1v) is 10.4. The van der Waals surface area contributed by atoms with Gasteiger partial charge in [-0.3, -0.25) is 4.79 Å². The Morgan fingerprint density at radius 3 is 2.96 bits per heavy atom. The summed E-state index contributed by atoms with van der Waals surface area (Å²) in [6.07, 6.45) is 5.11. The second-order valence-corrected chi connectivity index (χ2v) is 9.15. The summed E-state index contributed by atoms with van der Waals surface area (Å²) in [7, 11) is 0. The first kappa shape index (κ1) is 17.7. The summed E-state index contributed by atoms with van der Waals surface area (Å²) in [6, 6.07) is 0.193. The van der Waals surface area contributed by atoms with Gasteiger partial charge in [0.1, 0.15) is 16.2 Å². The number of carbonyl (C=O) groups excluding carboxylic acids is 1. The van der Waals surface area contributed by atoms with Crippen LogP contribution in [0.4, 0.5) is 0 Å². The van der Waals surface area contributed by atoms with E-state index in [0.717, 1.165) is 28.6 Å². The number of thiophene rings is 1. The van der Waals surface area contributed by atoms with Crippen molar-refractivity contribution in [1.29, 1.82) is 0 Å². The predicted molar refractivity (Wildman–Crippen MR) is 102 cm³/mol. The highest BCUT2D eigenvalue weighted by Gasteiger charge is 2.23. The van der Waals surface area contributed by atoms with Crippen LogP contribution in [0, 0.1) is 11.8 Å². The fourth-order valence-corrected chi connectivity index (χ4v) is 5.20. The Labute approximate surface area is 151 Å². The van der Waals surface area contributed by atoms with E-state index in [0.29, 0.717) is 11.7 Å². The number of hydrogen-bond acceptors (Lipinski definition) is 5. The Morgan fingerprint density at radius 1 is 1.42 bits per heavy atom. The second-order valence-electron chi connectivity index (χ2n) is 7.10. The van der Waals surface area contributed by atoms with Gasteiger partial charge in [0.05, 0.1) is 5.75 Å². The summed E-state index contributed by atoms with van der Waals surface area (Å²) in [6.45, 7) is 8.59. The topological polar surface area (TPSA) is 54.9 Å². The van der Waals surface area contributed by atoms with Gasteiger partial charge in [0.15, 0.2) is 0 Å². The lowest BCUT2D eigenvalue weighted by molar-refractivity contribution is -0.119. The molecule has 0 unspecified atom stereocenters. The lowest BCUT2D eigenvalue weighted by Gasteiger charge is -2.18. The predicted octanol–water partition coefficient (Wildman–Crippen LogP) is 4.07. The maximum Gasteiger partial charge on any atom is 0.230 e. The standard InChI is InChI=1S/C18H25N3OS2/c1-10(2)12(4)21-15(22)8-23-17-16-13-6-5-11(3)7-14(13)24-18(16)20-9-19-17/h9-12H,5-8H2,1-4H3,(H,21,22)/t11-,12+/m0/s1. The third-order valence-corrected chi connectivity index (χ3v) is 6.94. The molecule has 130 valence electrons. The van der Waals surface area contributed by atoms with Gasteiger partial charge in [-0.05, 0) is 43.6 Å². The van der Waals surface area contributed by atoms with Crippen LogP contribution in [-0.2, 0) is 17.6 Å². The molecular formula is C18H25N3OS2. The quantitative estimate of drug-likeness (QED) is 0.643. The molecule has 0 spiro atoms. The van der Waals surface area contributed by atoms with Crippen molar-refractivity contribution in [3.63, 3.8) is 0 Å². The molecular weight excluding hydrogens is 338 g/mol. The monoisotopic (exact) mass is 363 g/mol. The number of fused-ring (bicyclic) bond motifs is 3. The fraction of sp³-hybridized carbons (Fsp3) is 0.611. The maximum absolute atomic E-state index is 12.2. The number of nitrogens with one attached hydrogen (secondary N) is 1. The Morgan fingerprint density at radius 2 is 2.21 bits per heavy atom. The molecule has 2 aromatic rings. The molecule has 4 nitrogen and oxygen atoms in total. The Hall–Kier alpha value is -1.14. The zero-order valence-corrected chi connectivity index (χ0v) is 16.4. The summed E-state index contributed by atoms with van der Waals surface area (Å²) in [5.41, 5.74) is 1.42. The van der Waals surface area contributed by atoms with Crippen molar-refractivity contribution in [1.82, 2.24) is 15.3 Å². The molecule has 2 atom stereocenters. The van der Waals surface area contributed by atoms with Gasteiger partial charge in [0.25, 0.3) is 0 Å². The van der Waals surface area contributed by atoms with Crippen molar-refractivity contribution in [2.45, 2.75) is 58.0 Å². The van der Waals surface area contributed by atoms with Crippen molar-refractivity contribution >= 4 is 39.2 Å². The average Bonchev–Trinajstić information content (AvgIpc) is 2.90. The molecule has 0 aromatic carbocycles. The minimum Gasteiger partial charge on any atom is -0.353 e. The molecule has 0 fully saturated rings. The van der Waals surface area contributed by atoms with Crippen LogP contribution >= 0.6 is 23.1 Å². The van der Waals surface area contributed by atoms with Gasteiger partial charge in [0, 0.05) is 16.3 Å². The van der Waals surface area contributed by atoms with Gasteiger partial charge in [-0.15, -0.1) is 11.3 Å². The summed E-state index contributed by atoms with van der Waals surface area (Å²) < 4.78 is 0. The molecule has 0 aliphatic heterocycles. The molecule has 1 aliphatic carbocycles. The van der Waals surface area contributed by atoms with Gasteiger partial charge in [0.2, 0.25) is 5.91 Å². The molecule has 2 aromatic heterocycles. The Balaban J connectivity index is 1.77. The first-order chi connectivity index (χ1) is 11.5. The van der Waals surface area contributed by atoms with E-state index in [-0.39, 0.29) is 11.9 Å². The molecule has 1 amide bonds. The van der Waals surface area contributed by atoms with Gasteiger partial charge in [-0.25, -0.2) is 9.97 Å². The largest absolute Gasteiger partial charge is 0.353 e. The summed E-state index contributed by atoms with van der Waals surface area (Å²) >= 11 is 3.33. The second kappa shape index (κ2) is 7.40. The van der Waals surface area contributed by atoms with E-state index in [2.05, 4.69) is 36.1 Å². The van der Waals surface area contributed by atoms with E-state index >= 15 is 0 Å². The molecule has 0 bridgehead atoms. The number of thioether (sulfide) groups is 1. The lowest BCUT2D eigenvalue weighted by atomic mass is 9.89. The van der Waals surface area contributed by atoms with Crippen LogP contribution in [0.25, 0.3) is 10.2 Å². The summed E-state index contributed by atoms with van der Waals surface area (Å²) in [5, 5.41) is 5.21. The lowest BCUT2D eigenvalue weighted by Crippen LogP contribution is -2.37. The van der Waals surface area contributed by atoms with Crippen LogP contribution in [0.5, 0.6) is 0 Å². The molecule has 0 saturated heterocycles. The number of nitrogens with zero attached hydrogens (tertiary/aromatic N) is 2. The normalized spacial score (nSPS) is 18.6. The number of aromatic nitrogens is 2. The molecule has 6 heteroatoms. The fourth-order valence-electron chi connectivity index (χ4n) is 2.95. The number of rotatable bonds is 5. The SMILES string of the molecule is CC(C)[C@@H](C)NC(=O)CSc1ncnc2sc3c(c12)CC[C@H](C)C3. The van der Waals surface area contributed by atoms with Crippen molar-refractivity contribution < 1.29 is 4.79 Å². The summed E-state index contributed by atoms with van der Waals surface area (Å²) in [5.74, 6) is 1.67. The minimum atomic E-state index is 0.0747. The zero-order chi connectivity index (χ0) is 17.3. The van der Waals surface area contributed by atoms with E-state index in [4.69, 9.17) is 0 Å². The highest BCUT2D eigenvalue weighted by Crippen LogP contribution is 2.40. The van der Waals surface area contributed by atoms with Crippen LogP contribution in [-0.4, -0.2) is 27.7 Å². The number of carbonyl (C=O) groups is 1. The van der Waals surface area contributed by atoms with Gasteiger partial charge in [-0.2, -0.15) is 0 Å². The molecule has 1 aliphatic rings. The third-order valence-electron chi connectivity index (χ3n) is 4.79. The van der Waals surface area contributed by atoms with Crippen molar-refractivity contribution in [2.24, 2.45) is 11.8 Å². The highest BCUT2D eigenvalue weighted by molar-refractivity contribution is 8.00. The zero-order valence-electron chi connectivity index (χ0n) is 14.8. The molecule has 1 N–H and O–H groups in total. The number of amides is 1. The Bertz CT molecular complexity index is 741. The molecule has 2 heterocycles. The van der Waals surface area contributed by atoms with Crippen molar-refractivity contribution in [3.05, 3.63) is 16.8 Å². The minimum absolute atomic E-state index is 0.0747. The van der Waals surface area contributed by atoms with E-state index in [1.165, 1.54) is 34.0 Å². The van der Waals surface area contributed by atoms with Crippen LogP contribution in [0.2, 0.25) is 0 Å². The maximum atomic E-state index is 12.2. The number of aryl methyl sites for hydroxylation is 1. The molecule has 3 rings (SSSR count).